The Morgan fingerprint density at radius 1 is 1.47 bits per heavy atom. The van der Waals surface area contributed by atoms with E-state index in [1.165, 1.54) is 0 Å². The molecule has 1 aliphatic rings. The van der Waals surface area contributed by atoms with E-state index in [1.807, 2.05) is 31.2 Å². The van der Waals surface area contributed by atoms with Crippen molar-refractivity contribution in [1.82, 2.24) is 4.90 Å². The second-order valence-corrected chi connectivity index (χ2v) is 4.55. The molecule has 0 radical (unpaired) electrons. The highest BCUT2D eigenvalue weighted by atomic mass is 16.5. The van der Waals surface area contributed by atoms with Gasteiger partial charge in [-0.15, -0.1) is 0 Å². The number of rotatable bonds is 5. The molecule has 1 N–H and O–H groups in total. The van der Waals surface area contributed by atoms with Gasteiger partial charge >= 0.3 is 5.97 Å². The molecular formula is C14H17NO4. The molecule has 1 atom stereocenters. The summed E-state index contributed by atoms with van der Waals surface area (Å²) in [7, 11) is 0. The fraction of sp³-hybridized carbons (Fsp3) is 0.429. The van der Waals surface area contributed by atoms with Gasteiger partial charge in [0.05, 0.1) is 12.5 Å². The molecule has 0 aromatic heterocycles. The number of hydrogen-bond acceptors (Lipinski definition) is 3. The summed E-state index contributed by atoms with van der Waals surface area (Å²) in [5.74, 6) is -0.865. The Morgan fingerprint density at radius 3 is 2.84 bits per heavy atom. The molecule has 0 spiro atoms. The smallest absolute Gasteiger partial charge is 0.308 e. The number of amides is 1. The van der Waals surface area contributed by atoms with Crippen molar-refractivity contribution in [3.8, 4) is 5.75 Å². The van der Waals surface area contributed by atoms with Gasteiger partial charge in [0, 0.05) is 25.1 Å². The Labute approximate surface area is 111 Å². The summed E-state index contributed by atoms with van der Waals surface area (Å²) >= 11 is 0. The van der Waals surface area contributed by atoms with Crippen LogP contribution < -0.4 is 4.74 Å². The van der Waals surface area contributed by atoms with Crippen LogP contribution in [0.4, 0.5) is 0 Å². The molecule has 0 aliphatic carbocycles. The number of ether oxygens (including phenoxy) is 1. The number of carbonyl (C=O) groups excluding carboxylic acids is 1. The van der Waals surface area contributed by atoms with Gasteiger partial charge in [0.25, 0.3) is 0 Å². The van der Waals surface area contributed by atoms with E-state index in [-0.39, 0.29) is 18.9 Å². The van der Waals surface area contributed by atoms with Gasteiger partial charge in [-0.05, 0) is 13.0 Å². The van der Waals surface area contributed by atoms with Crippen LogP contribution in [-0.2, 0) is 16.1 Å². The zero-order chi connectivity index (χ0) is 13.8. The molecule has 1 unspecified atom stereocenters. The van der Waals surface area contributed by atoms with Crippen molar-refractivity contribution in [2.24, 2.45) is 5.92 Å². The first-order valence-electron chi connectivity index (χ1n) is 6.33. The molecular weight excluding hydrogens is 246 g/mol. The van der Waals surface area contributed by atoms with Crippen LogP contribution in [0.5, 0.6) is 5.75 Å². The highest BCUT2D eigenvalue weighted by molar-refractivity contribution is 5.86. The maximum atomic E-state index is 11.8. The highest BCUT2D eigenvalue weighted by Crippen LogP contribution is 2.24. The lowest BCUT2D eigenvalue weighted by atomic mass is 10.1. The van der Waals surface area contributed by atoms with Gasteiger partial charge in [-0.2, -0.15) is 0 Å². The predicted molar refractivity (Wildman–Crippen MR) is 68.8 cm³/mol. The first kappa shape index (κ1) is 13.4. The molecule has 0 saturated carbocycles. The van der Waals surface area contributed by atoms with Crippen LogP contribution in [-0.4, -0.2) is 35.0 Å². The summed E-state index contributed by atoms with van der Waals surface area (Å²) in [4.78, 5) is 24.3. The SMILES string of the molecule is CCOc1ccccc1CN1CC(C(=O)O)CC1=O. The average molecular weight is 263 g/mol. The largest absolute Gasteiger partial charge is 0.494 e. The molecule has 1 aromatic carbocycles. The molecule has 5 heteroatoms. The van der Waals surface area contributed by atoms with E-state index in [1.54, 1.807) is 4.90 Å². The quantitative estimate of drug-likeness (QED) is 0.874. The molecule has 1 saturated heterocycles. The lowest BCUT2D eigenvalue weighted by Gasteiger charge is -2.18. The second-order valence-electron chi connectivity index (χ2n) is 4.55. The Hall–Kier alpha value is -2.04. The van der Waals surface area contributed by atoms with E-state index in [2.05, 4.69) is 0 Å². The van der Waals surface area contributed by atoms with E-state index in [4.69, 9.17) is 9.84 Å². The summed E-state index contributed by atoms with van der Waals surface area (Å²) in [6.07, 6.45) is 0.0894. The lowest BCUT2D eigenvalue weighted by molar-refractivity contribution is -0.141. The Bertz CT molecular complexity index is 486. The average Bonchev–Trinajstić information content (AvgIpc) is 2.74. The monoisotopic (exact) mass is 263 g/mol. The van der Waals surface area contributed by atoms with Crippen molar-refractivity contribution in [2.75, 3.05) is 13.2 Å². The van der Waals surface area contributed by atoms with Gasteiger partial charge in [0.2, 0.25) is 5.91 Å². The number of aliphatic carboxylic acids is 1. The Balaban J connectivity index is 2.09. The maximum Gasteiger partial charge on any atom is 0.308 e. The van der Waals surface area contributed by atoms with Crippen LogP contribution in [0.1, 0.15) is 18.9 Å². The number of hydrogen-bond donors (Lipinski definition) is 1. The standard InChI is InChI=1S/C14H17NO4/c1-2-19-12-6-4-3-5-10(12)8-15-9-11(14(17)18)7-13(15)16/h3-6,11H,2,7-9H2,1H3,(H,17,18). The molecule has 5 nitrogen and oxygen atoms in total. The molecule has 1 fully saturated rings. The third-order valence-corrected chi connectivity index (χ3v) is 3.20. The van der Waals surface area contributed by atoms with Crippen LogP contribution in [0.3, 0.4) is 0 Å². The van der Waals surface area contributed by atoms with Crippen molar-refractivity contribution in [3.05, 3.63) is 29.8 Å². The van der Waals surface area contributed by atoms with Gasteiger partial charge in [-0.1, -0.05) is 18.2 Å². The van der Waals surface area contributed by atoms with Crippen molar-refractivity contribution < 1.29 is 19.4 Å². The maximum absolute atomic E-state index is 11.8. The number of benzene rings is 1. The summed E-state index contributed by atoms with van der Waals surface area (Å²) in [6, 6.07) is 7.51. The number of likely N-dealkylation sites (tertiary alicyclic amines) is 1. The lowest BCUT2D eigenvalue weighted by Crippen LogP contribution is -2.26. The van der Waals surface area contributed by atoms with Crippen molar-refractivity contribution >= 4 is 11.9 Å². The molecule has 1 amide bonds. The zero-order valence-corrected chi connectivity index (χ0v) is 10.8. The summed E-state index contributed by atoms with van der Waals surface area (Å²) in [6.45, 7) is 3.13. The van der Waals surface area contributed by atoms with Crippen molar-refractivity contribution in [1.29, 1.82) is 0 Å². The molecule has 2 rings (SSSR count). The minimum atomic E-state index is -0.908. The van der Waals surface area contributed by atoms with Gasteiger partial charge in [-0.3, -0.25) is 9.59 Å². The first-order chi connectivity index (χ1) is 9.11. The fourth-order valence-corrected chi connectivity index (χ4v) is 2.23. The van der Waals surface area contributed by atoms with Crippen LogP contribution >= 0.6 is 0 Å². The zero-order valence-electron chi connectivity index (χ0n) is 10.8. The number of para-hydroxylation sites is 1. The molecule has 1 aliphatic heterocycles. The number of carboxylic acid groups (broad SMARTS) is 1. The Kier molecular flexibility index (Phi) is 4.04. The van der Waals surface area contributed by atoms with Gasteiger partial charge in [0.15, 0.2) is 0 Å². The molecule has 1 aromatic rings. The van der Waals surface area contributed by atoms with Crippen molar-refractivity contribution in [3.63, 3.8) is 0 Å². The van der Waals surface area contributed by atoms with Crippen LogP contribution in [0.25, 0.3) is 0 Å². The van der Waals surface area contributed by atoms with Gasteiger partial charge in [0.1, 0.15) is 5.75 Å². The number of carboxylic acids is 1. The second kappa shape index (κ2) is 5.73. The summed E-state index contributed by atoms with van der Waals surface area (Å²) in [5.41, 5.74) is 0.906. The van der Waals surface area contributed by atoms with Crippen LogP contribution in [0.2, 0.25) is 0 Å². The van der Waals surface area contributed by atoms with E-state index >= 15 is 0 Å². The fourth-order valence-electron chi connectivity index (χ4n) is 2.23. The minimum Gasteiger partial charge on any atom is -0.494 e. The van der Waals surface area contributed by atoms with E-state index in [0.29, 0.717) is 13.2 Å². The third-order valence-electron chi connectivity index (χ3n) is 3.20. The molecule has 1 heterocycles. The van der Waals surface area contributed by atoms with Crippen LogP contribution in [0.15, 0.2) is 24.3 Å². The van der Waals surface area contributed by atoms with Gasteiger partial charge < -0.3 is 14.7 Å². The van der Waals surface area contributed by atoms with Crippen molar-refractivity contribution in [2.45, 2.75) is 19.9 Å². The first-order valence-corrected chi connectivity index (χ1v) is 6.33. The van der Waals surface area contributed by atoms with Gasteiger partial charge in [-0.25, -0.2) is 0 Å². The molecule has 0 bridgehead atoms. The molecule has 19 heavy (non-hydrogen) atoms. The summed E-state index contributed by atoms with van der Waals surface area (Å²) < 4.78 is 5.50. The minimum absolute atomic E-state index is 0.0894. The molecule has 102 valence electrons. The summed E-state index contributed by atoms with van der Waals surface area (Å²) in [5, 5.41) is 8.95. The normalized spacial score (nSPS) is 18.7. The number of carbonyl (C=O) groups is 2. The number of nitrogens with zero attached hydrogens (tertiary/aromatic N) is 1. The Morgan fingerprint density at radius 2 is 2.21 bits per heavy atom. The van der Waals surface area contributed by atoms with E-state index in [0.717, 1.165) is 11.3 Å². The predicted octanol–water partition coefficient (Wildman–Crippen LogP) is 1.52. The van der Waals surface area contributed by atoms with E-state index < -0.39 is 11.9 Å². The van der Waals surface area contributed by atoms with Crippen LogP contribution in [0, 0.1) is 5.92 Å². The van der Waals surface area contributed by atoms with E-state index in [9.17, 15) is 9.59 Å². The topological polar surface area (TPSA) is 66.8 Å². The third kappa shape index (κ3) is 3.05. The highest BCUT2D eigenvalue weighted by Gasteiger charge is 2.34.